The fraction of sp³-hybridized carbons (Fsp3) is 0.467. The van der Waals surface area contributed by atoms with Crippen LogP contribution in [0, 0.1) is 0 Å². The first-order valence-electron chi connectivity index (χ1n) is 6.48. The summed E-state index contributed by atoms with van der Waals surface area (Å²) in [5.74, 6) is -0.616. The van der Waals surface area contributed by atoms with Crippen LogP contribution in [0.25, 0.3) is 0 Å². The van der Waals surface area contributed by atoms with Gasteiger partial charge >= 0.3 is 5.97 Å². The molecule has 0 amide bonds. The molecule has 0 saturated carbocycles. The molecule has 0 aliphatic heterocycles. The molecule has 0 spiro atoms. The molecule has 3 nitrogen and oxygen atoms in total. The maximum Gasteiger partial charge on any atom is 0.313 e. The van der Waals surface area contributed by atoms with Gasteiger partial charge in [-0.1, -0.05) is 56.5 Å². The molecule has 0 aliphatic carbocycles. The Hall–Kier alpha value is -1.64. The molecule has 0 atom stereocenters. The van der Waals surface area contributed by atoms with Gasteiger partial charge in [-0.15, -0.1) is 0 Å². The second-order valence-corrected chi connectivity index (χ2v) is 4.25. The topological polar surface area (TPSA) is 43.4 Å². The quantitative estimate of drug-likeness (QED) is 0.306. The molecule has 0 heterocycles. The second kappa shape index (κ2) is 8.45. The fourth-order valence-electron chi connectivity index (χ4n) is 1.62. The van der Waals surface area contributed by atoms with Gasteiger partial charge in [0.25, 0.3) is 0 Å². The van der Waals surface area contributed by atoms with E-state index in [-0.39, 0.29) is 12.2 Å². The Balaban J connectivity index is 2.22. The van der Waals surface area contributed by atoms with E-state index in [1.54, 1.807) is 24.3 Å². The van der Waals surface area contributed by atoms with Crippen molar-refractivity contribution in [3.05, 3.63) is 35.9 Å². The highest BCUT2D eigenvalue weighted by Crippen LogP contribution is 2.05. The number of esters is 1. The molecule has 0 aliphatic rings. The van der Waals surface area contributed by atoms with E-state index in [1.165, 1.54) is 0 Å². The first-order chi connectivity index (χ1) is 8.74. The number of rotatable bonds is 8. The van der Waals surface area contributed by atoms with Crippen molar-refractivity contribution < 1.29 is 14.3 Å². The lowest BCUT2D eigenvalue weighted by Crippen LogP contribution is -2.12. The average molecular weight is 248 g/mol. The van der Waals surface area contributed by atoms with E-state index in [1.807, 2.05) is 6.07 Å². The van der Waals surface area contributed by atoms with E-state index in [4.69, 9.17) is 4.74 Å². The van der Waals surface area contributed by atoms with Crippen molar-refractivity contribution in [1.29, 1.82) is 0 Å². The van der Waals surface area contributed by atoms with Gasteiger partial charge in [0.05, 0.1) is 6.61 Å². The summed E-state index contributed by atoms with van der Waals surface area (Å²) in [6.45, 7) is 2.55. The summed E-state index contributed by atoms with van der Waals surface area (Å²) in [6.07, 6.45) is 4.08. The van der Waals surface area contributed by atoms with Crippen LogP contribution in [-0.2, 0) is 9.53 Å². The molecule has 18 heavy (non-hydrogen) atoms. The number of carbonyl (C=O) groups is 2. The summed E-state index contributed by atoms with van der Waals surface area (Å²) in [6, 6.07) is 8.81. The third-order valence-electron chi connectivity index (χ3n) is 2.66. The maximum atomic E-state index is 11.7. The van der Waals surface area contributed by atoms with Crippen molar-refractivity contribution in [3.63, 3.8) is 0 Å². The van der Waals surface area contributed by atoms with Crippen molar-refractivity contribution in [2.24, 2.45) is 0 Å². The van der Waals surface area contributed by atoms with Gasteiger partial charge in [0.15, 0.2) is 5.78 Å². The van der Waals surface area contributed by atoms with Crippen LogP contribution in [0.3, 0.4) is 0 Å². The number of hydrogen-bond acceptors (Lipinski definition) is 3. The molecule has 98 valence electrons. The summed E-state index contributed by atoms with van der Waals surface area (Å²) in [5, 5.41) is 0. The Morgan fingerprint density at radius 3 is 2.44 bits per heavy atom. The van der Waals surface area contributed by atoms with Crippen LogP contribution < -0.4 is 0 Å². The predicted molar refractivity (Wildman–Crippen MR) is 70.5 cm³/mol. The zero-order valence-corrected chi connectivity index (χ0v) is 10.9. The van der Waals surface area contributed by atoms with Gasteiger partial charge < -0.3 is 4.74 Å². The van der Waals surface area contributed by atoms with Crippen molar-refractivity contribution in [1.82, 2.24) is 0 Å². The van der Waals surface area contributed by atoms with E-state index in [9.17, 15) is 9.59 Å². The molecule has 0 bridgehead atoms. The largest absolute Gasteiger partial charge is 0.465 e. The van der Waals surface area contributed by atoms with Crippen LogP contribution in [0.1, 0.15) is 49.4 Å². The Morgan fingerprint density at radius 2 is 1.78 bits per heavy atom. The zero-order valence-electron chi connectivity index (χ0n) is 10.9. The molecule has 0 unspecified atom stereocenters. The minimum absolute atomic E-state index is 0.169. The standard InChI is InChI=1S/C15H20O3/c1-2-3-4-8-11-18-15(17)12-14(16)13-9-6-5-7-10-13/h5-7,9-10H,2-4,8,11-12H2,1H3. The molecule has 0 radical (unpaired) electrons. The fourth-order valence-corrected chi connectivity index (χ4v) is 1.62. The second-order valence-electron chi connectivity index (χ2n) is 4.25. The van der Waals surface area contributed by atoms with Gasteiger partial charge in [-0.05, 0) is 6.42 Å². The number of benzene rings is 1. The number of hydrogen-bond donors (Lipinski definition) is 0. The molecule has 3 heteroatoms. The van der Waals surface area contributed by atoms with Crippen molar-refractivity contribution in [3.8, 4) is 0 Å². The molecule has 0 saturated heterocycles. The van der Waals surface area contributed by atoms with Gasteiger partial charge in [-0.2, -0.15) is 0 Å². The number of Topliss-reactive ketones (excluding diaryl/α,β-unsaturated/α-hetero) is 1. The smallest absolute Gasteiger partial charge is 0.313 e. The Labute approximate surface area is 108 Å². The summed E-state index contributed by atoms with van der Waals surface area (Å²) in [4.78, 5) is 23.1. The lowest BCUT2D eigenvalue weighted by Gasteiger charge is -2.04. The van der Waals surface area contributed by atoms with Gasteiger partial charge in [0.2, 0.25) is 0 Å². The van der Waals surface area contributed by atoms with Crippen LogP contribution in [0.2, 0.25) is 0 Å². The van der Waals surface area contributed by atoms with Gasteiger partial charge in [0, 0.05) is 5.56 Å². The number of ketones is 1. The first kappa shape index (κ1) is 14.4. The van der Waals surface area contributed by atoms with E-state index < -0.39 is 5.97 Å². The summed E-state index contributed by atoms with van der Waals surface area (Å²) < 4.78 is 5.02. The average Bonchev–Trinajstić information content (AvgIpc) is 2.39. The lowest BCUT2D eigenvalue weighted by atomic mass is 10.1. The van der Waals surface area contributed by atoms with E-state index >= 15 is 0 Å². The molecule has 0 fully saturated rings. The van der Waals surface area contributed by atoms with Gasteiger partial charge in [-0.3, -0.25) is 9.59 Å². The molecular weight excluding hydrogens is 228 g/mol. The summed E-state index contributed by atoms with van der Waals surface area (Å²) >= 11 is 0. The Morgan fingerprint density at radius 1 is 1.06 bits per heavy atom. The van der Waals surface area contributed by atoms with Crippen molar-refractivity contribution in [2.45, 2.75) is 39.0 Å². The predicted octanol–water partition coefficient (Wildman–Crippen LogP) is 3.38. The normalized spacial score (nSPS) is 10.1. The molecule has 0 aromatic heterocycles. The van der Waals surface area contributed by atoms with Crippen molar-refractivity contribution in [2.75, 3.05) is 6.61 Å². The third-order valence-corrected chi connectivity index (χ3v) is 2.66. The van der Waals surface area contributed by atoms with Crippen LogP contribution >= 0.6 is 0 Å². The van der Waals surface area contributed by atoms with Crippen LogP contribution in [-0.4, -0.2) is 18.4 Å². The number of ether oxygens (including phenoxy) is 1. The summed E-state index contributed by atoms with van der Waals surface area (Å²) in [7, 11) is 0. The van der Waals surface area contributed by atoms with Gasteiger partial charge in [0.1, 0.15) is 6.42 Å². The van der Waals surface area contributed by atoms with E-state index in [2.05, 4.69) is 6.92 Å². The van der Waals surface area contributed by atoms with Crippen LogP contribution in [0.5, 0.6) is 0 Å². The highest BCUT2D eigenvalue weighted by molar-refractivity contribution is 6.05. The molecular formula is C15H20O3. The SMILES string of the molecule is CCCCCCOC(=O)CC(=O)c1ccccc1. The third kappa shape index (κ3) is 5.62. The highest BCUT2D eigenvalue weighted by atomic mass is 16.5. The minimum Gasteiger partial charge on any atom is -0.465 e. The molecule has 1 rings (SSSR count). The Kier molecular flexibility index (Phi) is 6.77. The van der Waals surface area contributed by atoms with E-state index in [0.717, 1.165) is 25.7 Å². The minimum atomic E-state index is -0.430. The monoisotopic (exact) mass is 248 g/mol. The number of carbonyl (C=O) groups excluding carboxylic acids is 2. The first-order valence-corrected chi connectivity index (χ1v) is 6.48. The van der Waals surface area contributed by atoms with Crippen molar-refractivity contribution >= 4 is 11.8 Å². The molecule has 1 aromatic carbocycles. The highest BCUT2D eigenvalue weighted by Gasteiger charge is 2.12. The van der Waals surface area contributed by atoms with E-state index in [0.29, 0.717) is 12.2 Å². The Bertz CT molecular complexity index is 371. The number of unbranched alkanes of at least 4 members (excludes halogenated alkanes) is 3. The van der Waals surface area contributed by atoms with Crippen LogP contribution in [0.4, 0.5) is 0 Å². The lowest BCUT2D eigenvalue weighted by molar-refractivity contribution is -0.142. The molecule has 0 N–H and O–H groups in total. The van der Waals surface area contributed by atoms with Crippen LogP contribution in [0.15, 0.2) is 30.3 Å². The maximum absolute atomic E-state index is 11.7. The summed E-state index contributed by atoms with van der Waals surface area (Å²) in [5.41, 5.74) is 0.556. The van der Waals surface area contributed by atoms with Gasteiger partial charge in [-0.25, -0.2) is 0 Å². The zero-order chi connectivity index (χ0) is 13.2. The molecule has 1 aromatic rings.